The zero-order chi connectivity index (χ0) is 47.4. The Bertz CT molecular complexity index is 3040. The fraction of sp³-hybridized carbons (Fsp3) is 0.302. The van der Waals surface area contributed by atoms with E-state index in [-0.39, 0.29) is 27.7 Å². The molecular formula is C63H68N4. The van der Waals surface area contributed by atoms with E-state index in [1.807, 2.05) is 0 Å². The Balaban J connectivity index is 1.04. The summed E-state index contributed by atoms with van der Waals surface area (Å²) >= 11 is 0. The van der Waals surface area contributed by atoms with Gasteiger partial charge in [-0.2, -0.15) is 0 Å². The van der Waals surface area contributed by atoms with Crippen LogP contribution in [0.25, 0.3) is 33.0 Å². The van der Waals surface area contributed by atoms with Crippen LogP contribution in [0.2, 0.25) is 0 Å². The van der Waals surface area contributed by atoms with Crippen molar-refractivity contribution in [2.24, 2.45) is 5.41 Å². The maximum Gasteiger partial charge on any atom is 0.0560 e. The third kappa shape index (κ3) is 7.92. The Kier molecular flexibility index (Phi) is 10.4. The van der Waals surface area contributed by atoms with Gasteiger partial charge in [0, 0.05) is 74.4 Å². The highest BCUT2D eigenvalue weighted by Gasteiger charge is 2.31. The summed E-state index contributed by atoms with van der Waals surface area (Å²) in [6.45, 7) is 27.4. The summed E-state index contributed by atoms with van der Waals surface area (Å²) in [5, 5.41) is 6.53. The number of nitrogens with one attached hydrogen (secondary N) is 1. The van der Waals surface area contributed by atoms with Crippen LogP contribution in [-0.2, 0) is 16.2 Å². The number of benzene rings is 7. The van der Waals surface area contributed by atoms with E-state index in [9.17, 15) is 0 Å². The minimum absolute atomic E-state index is 0.0728. The van der Waals surface area contributed by atoms with Crippen LogP contribution in [0.15, 0.2) is 157 Å². The topological polar surface area (TPSA) is 21.8 Å². The van der Waals surface area contributed by atoms with Crippen molar-refractivity contribution in [2.45, 2.75) is 112 Å². The molecule has 0 radical (unpaired) electrons. The van der Waals surface area contributed by atoms with Gasteiger partial charge in [0.25, 0.3) is 0 Å². The van der Waals surface area contributed by atoms with Gasteiger partial charge >= 0.3 is 0 Å². The Hall–Kier alpha value is -6.52. The average molecular weight is 881 g/mol. The van der Waals surface area contributed by atoms with Crippen LogP contribution in [0, 0.1) is 5.41 Å². The van der Waals surface area contributed by atoms with E-state index < -0.39 is 0 Å². The molecule has 0 aromatic heterocycles. The van der Waals surface area contributed by atoms with Crippen LogP contribution in [0.5, 0.6) is 0 Å². The minimum Gasteiger partial charge on any atom is -0.354 e. The molecule has 340 valence electrons. The van der Waals surface area contributed by atoms with Gasteiger partial charge in [0.2, 0.25) is 0 Å². The third-order valence-electron chi connectivity index (χ3n) is 14.5. The van der Waals surface area contributed by atoms with Crippen molar-refractivity contribution in [3.05, 3.63) is 174 Å². The van der Waals surface area contributed by atoms with Crippen molar-refractivity contribution in [1.29, 1.82) is 0 Å². The summed E-state index contributed by atoms with van der Waals surface area (Å²) in [6, 6.07) is 51.1. The number of fused-ring (bicyclic) bond motifs is 4. The summed E-state index contributed by atoms with van der Waals surface area (Å²) in [7, 11) is 2.23. The molecule has 7 aromatic carbocycles. The second-order valence-electron chi connectivity index (χ2n) is 23.3. The SMILES string of the molecule is CN1c2cc(N(c3ccc(C(C)(C)C)cc3)c3ccc(C(C)(C)C)cc3)ccc2-c2ccc3c4c(ccc1c24)Nc1cc(N(c2ccc(C(C)(C)C)cc2)C2C=CC(C(C)(C)C)=CC2)ccc1-3. The number of anilines is 9. The molecule has 2 aliphatic heterocycles. The molecule has 0 bridgehead atoms. The maximum atomic E-state index is 3.96. The van der Waals surface area contributed by atoms with Crippen LogP contribution in [0.1, 0.15) is 106 Å². The van der Waals surface area contributed by atoms with Crippen LogP contribution < -0.4 is 20.0 Å². The van der Waals surface area contributed by atoms with Gasteiger partial charge in [-0.05, 0) is 134 Å². The molecular weight excluding hydrogens is 813 g/mol. The Morgan fingerprint density at radius 2 is 0.940 bits per heavy atom. The second kappa shape index (κ2) is 15.8. The summed E-state index contributed by atoms with van der Waals surface area (Å²) < 4.78 is 0. The number of nitrogens with zero attached hydrogens (tertiary/aromatic N) is 3. The summed E-state index contributed by atoms with van der Waals surface area (Å²) in [5.74, 6) is 0. The predicted octanol–water partition coefficient (Wildman–Crippen LogP) is 18.1. The van der Waals surface area contributed by atoms with Crippen molar-refractivity contribution in [3.8, 4) is 22.3 Å². The first kappa shape index (κ1) is 44.3. The van der Waals surface area contributed by atoms with Gasteiger partial charge in [-0.15, -0.1) is 0 Å². The van der Waals surface area contributed by atoms with Crippen molar-refractivity contribution in [2.75, 3.05) is 27.1 Å². The van der Waals surface area contributed by atoms with Crippen molar-refractivity contribution < 1.29 is 0 Å². The normalized spacial score (nSPS) is 15.4. The van der Waals surface area contributed by atoms with Gasteiger partial charge in [0.1, 0.15) is 0 Å². The van der Waals surface area contributed by atoms with E-state index in [1.165, 1.54) is 78.0 Å². The molecule has 3 aliphatic rings. The predicted molar refractivity (Wildman–Crippen MR) is 291 cm³/mol. The molecule has 1 N–H and O–H groups in total. The first-order valence-corrected chi connectivity index (χ1v) is 24.3. The van der Waals surface area contributed by atoms with Gasteiger partial charge in [0.15, 0.2) is 0 Å². The molecule has 0 saturated carbocycles. The van der Waals surface area contributed by atoms with Gasteiger partial charge in [-0.3, -0.25) is 0 Å². The van der Waals surface area contributed by atoms with E-state index in [1.54, 1.807) is 0 Å². The lowest BCUT2D eigenvalue weighted by Crippen LogP contribution is -2.31. The molecule has 1 atom stereocenters. The monoisotopic (exact) mass is 881 g/mol. The maximum absolute atomic E-state index is 3.96. The zero-order valence-corrected chi connectivity index (χ0v) is 42.1. The molecule has 4 heteroatoms. The van der Waals surface area contributed by atoms with E-state index in [0.717, 1.165) is 34.9 Å². The Labute approximate surface area is 400 Å². The zero-order valence-electron chi connectivity index (χ0n) is 42.1. The minimum atomic E-state index is 0.0728. The largest absolute Gasteiger partial charge is 0.354 e. The smallest absolute Gasteiger partial charge is 0.0560 e. The Morgan fingerprint density at radius 3 is 1.46 bits per heavy atom. The highest BCUT2D eigenvalue weighted by atomic mass is 15.2. The third-order valence-corrected chi connectivity index (χ3v) is 14.5. The lowest BCUT2D eigenvalue weighted by Gasteiger charge is -2.36. The molecule has 4 nitrogen and oxygen atoms in total. The molecule has 1 unspecified atom stereocenters. The van der Waals surface area contributed by atoms with Crippen LogP contribution >= 0.6 is 0 Å². The van der Waals surface area contributed by atoms with Crippen molar-refractivity contribution in [3.63, 3.8) is 0 Å². The molecule has 7 aromatic rings. The number of hydrogen-bond acceptors (Lipinski definition) is 4. The summed E-state index contributed by atoms with van der Waals surface area (Å²) in [5.41, 5.74) is 21.2. The number of rotatable bonds is 6. The molecule has 2 heterocycles. The van der Waals surface area contributed by atoms with Crippen LogP contribution in [-0.4, -0.2) is 13.1 Å². The van der Waals surface area contributed by atoms with E-state index in [0.29, 0.717) is 0 Å². The van der Waals surface area contributed by atoms with Crippen molar-refractivity contribution >= 4 is 62.0 Å². The van der Waals surface area contributed by atoms with Gasteiger partial charge in [-0.1, -0.05) is 162 Å². The van der Waals surface area contributed by atoms with Crippen LogP contribution in [0.3, 0.4) is 0 Å². The Morgan fingerprint density at radius 1 is 0.448 bits per heavy atom. The number of allylic oxidation sites excluding steroid dienone is 2. The van der Waals surface area contributed by atoms with Crippen molar-refractivity contribution in [1.82, 2.24) is 0 Å². The highest BCUT2D eigenvalue weighted by Crippen LogP contribution is 2.55. The highest BCUT2D eigenvalue weighted by molar-refractivity contribution is 6.22. The van der Waals surface area contributed by atoms with E-state index in [2.05, 4.69) is 262 Å². The first-order chi connectivity index (χ1) is 31.6. The van der Waals surface area contributed by atoms with Crippen LogP contribution in [0.4, 0.5) is 51.2 Å². The summed E-state index contributed by atoms with van der Waals surface area (Å²) in [6.07, 6.45) is 8.15. The van der Waals surface area contributed by atoms with E-state index >= 15 is 0 Å². The molecule has 0 saturated heterocycles. The molecule has 0 fully saturated rings. The van der Waals surface area contributed by atoms with Gasteiger partial charge in [-0.25, -0.2) is 0 Å². The first-order valence-electron chi connectivity index (χ1n) is 24.3. The van der Waals surface area contributed by atoms with E-state index in [4.69, 9.17) is 0 Å². The lowest BCUT2D eigenvalue weighted by atomic mass is 9.82. The number of hydrogen-bond donors (Lipinski definition) is 1. The standard InChI is InChI=1S/C63H68N4/c1-60(2,3)40-14-22-44(23-15-40)66(45-24-16-41(17-25-45)61(4,5)6)48-30-32-50-52-34-35-53-51-33-31-49(39-57(51)65(13)56-37-36-54(58(52)59(53)56)64-55(50)38-48)67(46-26-18-42(19-27-46)62(7,8)9)47-28-20-43(21-29-47)63(10,11)12/h14-24,26-39,45,64H,25H2,1-13H3. The second-order valence-corrected chi connectivity index (χ2v) is 23.3. The lowest BCUT2D eigenvalue weighted by molar-refractivity contribution is 0.510. The molecule has 67 heavy (non-hydrogen) atoms. The quantitative estimate of drug-likeness (QED) is 0.180. The van der Waals surface area contributed by atoms with Gasteiger partial charge in [0.05, 0.1) is 11.7 Å². The fourth-order valence-corrected chi connectivity index (χ4v) is 10.4. The summed E-state index contributed by atoms with van der Waals surface area (Å²) in [4.78, 5) is 7.33. The van der Waals surface area contributed by atoms with Gasteiger partial charge < -0.3 is 20.0 Å². The molecule has 10 rings (SSSR count). The average Bonchev–Trinajstić information content (AvgIpc) is 3.28. The molecule has 0 amide bonds. The fourth-order valence-electron chi connectivity index (χ4n) is 10.4. The molecule has 0 spiro atoms. The molecule has 1 aliphatic carbocycles.